The van der Waals surface area contributed by atoms with Crippen molar-refractivity contribution in [3.8, 4) is 5.88 Å². The lowest BCUT2D eigenvalue weighted by molar-refractivity contribution is 0.450. The molecule has 0 radical (unpaired) electrons. The van der Waals surface area contributed by atoms with E-state index in [-0.39, 0.29) is 5.88 Å². The smallest absolute Gasteiger partial charge is 0.227 e. The van der Waals surface area contributed by atoms with Gasteiger partial charge in [-0.25, -0.2) is 4.98 Å². The maximum Gasteiger partial charge on any atom is 0.227 e. The highest BCUT2D eigenvalue weighted by Gasteiger charge is 2.08. The number of hydrogen-bond donors (Lipinski definition) is 1. The summed E-state index contributed by atoms with van der Waals surface area (Å²) in [7, 11) is 0. The molecule has 12 heavy (non-hydrogen) atoms. The van der Waals surface area contributed by atoms with E-state index in [4.69, 9.17) is 0 Å². The van der Waals surface area contributed by atoms with Crippen LogP contribution in [0.5, 0.6) is 5.88 Å². The molecule has 1 N–H and O–H groups in total. The van der Waals surface area contributed by atoms with E-state index in [0.29, 0.717) is 4.47 Å². The second-order valence-corrected chi connectivity index (χ2v) is 4.21. The highest BCUT2D eigenvalue weighted by atomic mass is 79.9. The Hall–Kier alpha value is -0.610. The van der Waals surface area contributed by atoms with E-state index < -0.39 is 0 Å². The first-order chi connectivity index (χ1) is 5.70. The fraction of sp³-hybridized carbons (Fsp3) is 0.125. The minimum absolute atomic E-state index is 0.0717. The van der Waals surface area contributed by atoms with Gasteiger partial charge in [0.2, 0.25) is 5.88 Å². The van der Waals surface area contributed by atoms with E-state index in [0.717, 1.165) is 15.8 Å². The summed E-state index contributed by atoms with van der Waals surface area (Å²) in [5.74, 6) is 0.0717. The third-order valence-corrected chi connectivity index (χ3v) is 3.67. The number of rotatable bonds is 0. The van der Waals surface area contributed by atoms with Crippen molar-refractivity contribution < 1.29 is 5.11 Å². The number of aromatic nitrogens is 1. The number of halogens is 1. The summed E-state index contributed by atoms with van der Waals surface area (Å²) in [6, 6.07) is 2.01. The van der Waals surface area contributed by atoms with Gasteiger partial charge >= 0.3 is 0 Å². The average molecular weight is 244 g/mol. The van der Waals surface area contributed by atoms with Gasteiger partial charge in [-0.3, -0.25) is 0 Å². The van der Waals surface area contributed by atoms with Crippen molar-refractivity contribution in [2.75, 3.05) is 0 Å². The maximum absolute atomic E-state index is 9.37. The Morgan fingerprint density at radius 3 is 3.08 bits per heavy atom. The zero-order valence-electron chi connectivity index (χ0n) is 6.34. The number of nitrogens with zero attached hydrogens (tertiary/aromatic N) is 1. The van der Waals surface area contributed by atoms with Gasteiger partial charge in [-0.05, 0) is 34.3 Å². The second kappa shape index (κ2) is 2.71. The molecule has 0 bridgehead atoms. The van der Waals surface area contributed by atoms with Crippen LogP contribution < -0.4 is 0 Å². The molecule has 0 atom stereocenters. The highest BCUT2D eigenvalue weighted by molar-refractivity contribution is 9.10. The third kappa shape index (κ3) is 1.03. The van der Waals surface area contributed by atoms with Crippen molar-refractivity contribution >= 4 is 37.4 Å². The molecule has 2 aromatic rings. The quantitative estimate of drug-likeness (QED) is 0.772. The SMILES string of the molecule is Cc1nc(O)c(Br)c2sccc12. The Balaban J connectivity index is 2.97. The fourth-order valence-electron chi connectivity index (χ4n) is 1.13. The Bertz CT molecular complexity index is 438. The molecule has 0 saturated carbocycles. The van der Waals surface area contributed by atoms with Crippen molar-refractivity contribution in [1.29, 1.82) is 0 Å². The summed E-state index contributed by atoms with van der Waals surface area (Å²) in [5, 5.41) is 12.5. The number of aryl methyl sites for hydroxylation is 1. The Morgan fingerprint density at radius 2 is 2.33 bits per heavy atom. The molecule has 0 saturated heterocycles. The average Bonchev–Trinajstić information content (AvgIpc) is 2.48. The van der Waals surface area contributed by atoms with Gasteiger partial charge in [0.15, 0.2) is 0 Å². The maximum atomic E-state index is 9.37. The summed E-state index contributed by atoms with van der Waals surface area (Å²) in [5.41, 5.74) is 0.868. The molecule has 4 heteroatoms. The third-order valence-electron chi connectivity index (χ3n) is 1.72. The van der Waals surface area contributed by atoms with Gasteiger partial charge in [-0.1, -0.05) is 0 Å². The van der Waals surface area contributed by atoms with Gasteiger partial charge < -0.3 is 5.11 Å². The van der Waals surface area contributed by atoms with Crippen LogP contribution in [0.1, 0.15) is 5.69 Å². The minimum atomic E-state index is 0.0717. The van der Waals surface area contributed by atoms with Crippen LogP contribution in [-0.2, 0) is 0 Å². The van der Waals surface area contributed by atoms with Gasteiger partial charge in [-0.15, -0.1) is 11.3 Å². The van der Waals surface area contributed by atoms with Crippen LogP contribution >= 0.6 is 27.3 Å². The molecule has 62 valence electrons. The van der Waals surface area contributed by atoms with Crippen LogP contribution in [0.3, 0.4) is 0 Å². The Morgan fingerprint density at radius 1 is 1.58 bits per heavy atom. The minimum Gasteiger partial charge on any atom is -0.492 e. The zero-order valence-corrected chi connectivity index (χ0v) is 8.74. The molecule has 2 rings (SSSR count). The molecule has 0 unspecified atom stereocenters. The lowest BCUT2D eigenvalue weighted by atomic mass is 10.2. The zero-order chi connectivity index (χ0) is 8.72. The topological polar surface area (TPSA) is 33.1 Å². The van der Waals surface area contributed by atoms with Crippen molar-refractivity contribution in [2.24, 2.45) is 0 Å². The molecule has 2 aromatic heterocycles. The van der Waals surface area contributed by atoms with Gasteiger partial charge in [0.05, 0.1) is 14.9 Å². The number of hydrogen-bond acceptors (Lipinski definition) is 3. The van der Waals surface area contributed by atoms with Crippen LogP contribution in [0.25, 0.3) is 10.1 Å². The summed E-state index contributed by atoms with van der Waals surface area (Å²) in [4.78, 5) is 3.99. The summed E-state index contributed by atoms with van der Waals surface area (Å²) in [6.07, 6.45) is 0. The van der Waals surface area contributed by atoms with Crippen molar-refractivity contribution in [1.82, 2.24) is 4.98 Å². The second-order valence-electron chi connectivity index (χ2n) is 2.50. The molecule has 0 fully saturated rings. The van der Waals surface area contributed by atoms with Crippen molar-refractivity contribution in [3.63, 3.8) is 0 Å². The van der Waals surface area contributed by atoms with E-state index >= 15 is 0 Å². The van der Waals surface area contributed by atoms with Crippen LogP contribution in [0.2, 0.25) is 0 Å². The van der Waals surface area contributed by atoms with Crippen molar-refractivity contribution in [3.05, 3.63) is 21.6 Å². The Labute approximate surface area is 82.0 Å². The molecule has 0 aromatic carbocycles. The van der Waals surface area contributed by atoms with E-state index in [9.17, 15) is 5.11 Å². The summed E-state index contributed by atoms with van der Waals surface area (Å²) >= 11 is 4.89. The van der Waals surface area contributed by atoms with Crippen LogP contribution in [-0.4, -0.2) is 10.1 Å². The molecular weight excluding hydrogens is 238 g/mol. The number of pyridine rings is 1. The van der Waals surface area contributed by atoms with Crippen LogP contribution in [0.15, 0.2) is 15.9 Å². The normalized spacial score (nSPS) is 10.8. The van der Waals surface area contributed by atoms with E-state index in [1.165, 1.54) is 0 Å². The van der Waals surface area contributed by atoms with Gasteiger partial charge in [0.1, 0.15) is 0 Å². The molecule has 0 aliphatic heterocycles. The lowest BCUT2D eigenvalue weighted by Crippen LogP contribution is -1.82. The fourth-order valence-corrected chi connectivity index (χ4v) is 2.59. The van der Waals surface area contributed by atoms with Gasteiger partial charge in [0.25, 0.3) is 0 Å². The van der Waals surface area contributed by atoms with Gasteiger partial charge in [-0.2, -0.15) is 0 Å². The largest absolute Gasteiger partial charge is 0.492 e. The molecule has 0 amide bonds. The molecule has 2 nitrogen and oxygen atoms in total. The molecule has 2 heterocycles. The Kier molecular flexibility index (Phi) is 1.81. The van der Waals surface area contributed by atoms with Crippen molar-refractivity contribution in [2.45, 2.75) is 6.92 Å². The number of aromatic hydroxyl groups is 1. The van der Waals surface area contributed by atoms with Crippen LogP contribution in [0.4, 0.5) is 0 Å². The number of fused-ring (bicyclic) bond motifs is 1. The van der Waals surface area contributed by atoms with E-state index in [2.05, 4.69) is 20.9 Å². The van der Waals surface area contributed by atoms with E-state index in [1.54, 1.807) is 11.3 Å². The van der Waals surface area contributed by atoms with Gasteiger partial charge in [0, 0.05) is 5.39 Å². The monoisotopic (exact) mass is 243 g/mol. The standard InChI is InChI=1S/C8H6BrNOS/c1-4-5-2-3-12-7(5)6(9)8(11)10-4/h2-3H,1H3,(H,10,11). The lowest BCUT2D eigenvalue weighted by Gasteiger charge is -1.99. The van der Waals surface area contributed by atoms with Crippen LogP contribution in [0, 0.1) is 6.92 Å². The molecule has 0 spiro atoms. The predicted molar refractivity (Wildman–Crippen MR) is 53.7 cm³/mol. The van der Waals surface area contributed by atoms with E-state index in [1.807, 2.05) is 18.4 Å². The summed E-state index contributed by atoms with van der Waals surface area (Å²) in [6.45, 7) is 1.89. The first-order valence-electron chi connectivity index (χ1n) is 3.42. The predicted octanol–water partition coefficient (Wildman–Crippen LogP) is 3.07. The molecular formula is C8H6BrNOS. The highest BCUT2D eigenvalue weighted by Crippen LogP contribution is 2.35. The molecule has 0 aliphatic rings. The first-order valence-corrected chi connectivity index (χ1v) is 5.09. The molecule has 0 aliphatic carbocycles. The summed E-state index contributed by atoms with van der Waals surface area (Å²) < 4.78 is 1.75. The number of thiophene rings is 1. The first kappa shape index (κ1) is 8.01.